The van der Waals surface area contributed by atoms with E-state index in [1.54, 1.807) is 36.4 Å². The van der Waals surface area contributed by atoms with Gasteiger partial charge in [0.1, 0.15) is 11.5 Å². The summed E-state index contributed by atoms with van der Waals surface area (Å²) in [5, 5.41) is 5.50. The van der Waals surface area contributed by atoms with Crippen molar-refractivity contribution in [2.45, 2.75) is 13.8 Å². The van der Waals surface area contributed by atoms with E-state index >= 15 is 0 Å². The Kier molecular flexibility index (Phi) is 5.78. The molecule has 2 aromatic rings. The zero-order valence-electron chi connectivity index (χ0n) is 13.8. The molecule has 0 saturated heterocycles. The lowest BCUT2D eigenvalue weighted by Gasteiger charge is -2.13. The molecule has 0 bridgehead atoms. The van der Waals surface area contributed by atoms with Crippen LogP contribution in [0.15, 0.2) is 47.1 Å². The predicted octanol–water partition coefficient (Wildman–Crippen LogP) is 3.53. The first-order valence-corrected chi connectivity index (χ1v) is 7.51. The van der Waals surface area contributed by atoms with Gasteiger partial charge in [-0.25, -0.2) is 0 Å². The van der Waals surface area contributed by atoms with Crippen molar-refractivity contribution in [3.63, 3.8) is 0 Å². The normalized spacial score (nSPS) is 10.8. The molecule has 0 aliphatic carbocycles. The van der Waals surface area contributed by atoms with Gasteiger partial charge in [-0.2, -0.15) is 0 Å². The van der Waals surface area contributed by atoms with E-state index in [-0.39, 0.29) is 17.7 Å². The number of hydrogen-bond acceptors (Lipinski definition) is 4. The Morgan fingerprint density at radius 2 is 2.00 bits per heavy atom. The summed E-state index contributed by atoms with van der Waals surface area (Å²) < 4.78 is 10.4. The molecule has 0 atom stereocenters. The summed E-state index contributed by atoms with van der Waals surface area (Å²) in [6.45, 7) is 3.61. The van der Waals surface area contributed by atoms with E-state index in [4.69, 9.17) is 9.15 Å². The fraction of sp³-hybridized carbons (Fsp3) is 0.222. The summed E-state index contributed by atoms with van der Waals surface area (Å²) in [5.74, 6) is 0.519. The Balaban J connectivity index is 2.06. The third kappa shape index (κ3) is 4.74. The van der Waals surface area contributed by atoms with Crippen molar-refractivity contribution in [3.05, 3.63) is 48.4 Å². The second-order valence-corrected chi connectivity index (χ2v) is 5.40. The highest BCUT2D eigenvalue weighted by Crippen LogP contribution is 2.28. The van der Waals surface area contributed by atoms with E-state index in [9.17, 15) is 9.59 Å². The molecule has 0 radical (unpaired) electrons. The van der Waals surface area contributed by atoms with Gasteiger partial charge < -0.3 is 19.8 Å². The highest BCUT2D eigenvalue weighted by atomic mass is 16.5. The zero-order chi connectivity index (χ0) is 17.5. The number of benzene rings is 1. The van der Waals surface area contributed by atoms with Crippen molar-refractivity contribution in [2.75, 3.05) is 17.7 Å². The van der Waals surface area contributed by atoms with Crippen molar-refractivity contribution >= 4 is 29.3 Å². The minimum atomic E-state index is -0.299. The van der Waals surface area contributed by atoms with Crippen molar-refractivity contribution < 1.29 is 18.7 Å². The molecule has 6 nitrogen and oxygen atoms in total. The highest BCUT2D eigenvalue weighted by Gasteiger charge is 2.11. The van der Waals surface area contributed by atoms with Crippen LogP contribution in [0.3, 0.4) is 0 Å². The lowest BCUT2D eigenvalue weighted by molar-refractivity contribution is -0.119. The number of carbonyl (C=O) groups is 2. The molecule has 0 aliphatic heterocycles. The number of hydrogen-bond donors (Lipinski definition) is 2. The molecule has 0 saturated carbocycles. The molecule has 0 aliphatic rings. The predicted molar refractivity (Wildman–Crippen MR) is 92.8 cm³/mol. The van der Waals surface area contributed by atoms with Crippen molar-refractivity contribution in [1.82, 2.24) is 0 Å². The van der Waals surface area contributed by atoms with Crippen LogP contribution in [0.2, 0.25) is 0 Å². The number of rotatable bonds is 6. The second-order valence-electron chi connectivity index (χ2n) is 5.40. The monoisotopic (exact) mass is 328 g/mol. The first-order valence-electron chi connectivity index (χ1n) is 7.51. The third-order valence-corrected chi connectivity index (χ3v) is 3.19. The van der Waals surface area contributed by atoms with Gasteiger partial charge in [-0.05, 0) is 30.3 Å². The number of furan rings is 1. The van der Waals surface area contributed by atoms with Crippen molar-refractivity contribution in [1.29, 1.82) is 0 Å². The SMILES string of the molecule is COc1cc(NC(=O)C=Cc2ccco2)ccc1NC(=O)C(C)C. The number of ether oxygens (including phenoxy) is 1. The number of nitrogens with one attached hydrogen (secondary N) is 2. The van der Waals surface area contributed by atoms with Crippen molar-refractivity contribution in [2.24, 2.45) is 5.92 Å². The molecule has 126 valence electrons. The first-order chi connectivity index (χ1) is 11.5. The molecule has 0 spiro atoms. The average Bonchev–Trinajstić information content (AvgIpc) is 3.07. The van der Waals surface area contributed by atoms with Crippen LogP contribution in [-0.4, -0.2) is 18.9 Å². The van der Waals surface area contributed by atoms with E-state index in [2.05, 4.69) is 10.6 Å². The molecule has 0 unspecified atom stereocenters. The molecule has 24 heavy (non-hydrogen) atoms. The Morgan fingerprint density at radius 3 is 2.62 bits per heavy atom. The number of methoxy groups -OCH3 is 1. The van der Waals surface area contributed by atoms with Crippen LogP contribution in [0.4, 0.5) is 11.4 Å². The Morgan fingerprint density at radius 1 is 1.21 bits per heavy atom. The fourth-order valence-electron chi connectivity index (χ4n) is 1.88. The third-order valence-electron chi connectivity index (χ3n) is 3.19. The molecule has 2 N–H and O–H groups in total. The molecule has 1 aromatic carbocycles. The first kappa shape index (κ1) is 17.3. The maximum atomic E-state index is 11.9. The van der Waals surface area contributed by atoms with E-state index < -0.39 is 0 Å². The number of amides is 2. The van der Waals surface area contributed by atoms with Gasteiger partial charge in [0.15, 0.2) is 0 Å². The fourth-order valence-corrected chi connectivity index (χ4v) is 1.88. The smallest absolute Gasteiger partial charge is 0.248 e. The van der Waals surface area contributed by atoms with Crippen LogP contribution in [0.25, 0.3) is 6.08 Å². The van der Waals surface area contributed by atoms with Crippen LogP contribution < -0.4 is 15.4 Å². The van der Waals surface area contributed by atoms with Crippen LogP contribution in [0.1, 0.15) is 19.6 Å². The summed E-state index contributed by atoms with van der Waals surface area (Å²) in [6, 6.07) is 8.52. The molecule has 2 rings (SSSR count). The number of carbonyl (C=O) groups excluding carboxylic acids is 2. The molecule has 1 aromatic heterocycles. The molecule has 1 heterocycles. The molecule has 0 fully saturated rings. The molecular formula is C18H20N2O4. The standard InChI is InChI=1S/C18H20N2O4/c1-12(2)18(22)20-15-8-6-13(11-16(15)23-3)19-17(21)9-7-14-5-4-10-24-14/h4-12H,1-3H3,(H,19,21)(H,20,22). The average molecular weight is 328 g/mol. The molecule has 2 amide bonds. The van der Waals surface area contributed by atoms with Gasteiger partial charge in [-0.3, -0.25) is 9.59 Å². The summed E-state index contributed by atoms with van der Waals surface area (Å²) >= 11 is 0. The maximum absolute atomic E-state index is 11.9. The lowest BCUT2D eigenvalue weighted by atomic mass is 10.2. The van der Waals surface area contributed by atoms with E-state index in [1.165, 1.54) is 19.4 Å². The van der Waals surface area contributed by atoms with Gasteiger partial charge in [-0.1, -0.05) is 13.8 Å². The maximum Gasteiger partial charge on any atom is 0.248 e. The van der Waals surface area contributed by atoms with E-state index in [0.29, 0.717) is 22.9 Å². The van der Waals surface area contributed by atoms with Crippen LogP contribution in [0, 0.1) is 5.92 Å². The Hall–Kier alpha value is -3.02. The summed E-state index contributed by atoms with van der Waals surface area (Å²) in [4.78, 5) is 23.7. The van der Waals surface area contributed by atoms with Crippen LogP contribution in [0.5, 0.6) is 5.75 Å². The number of anilines is 2. The summed E-state index contributed by atoms with van der Waals surface area (Å²) in [7, 11) is 1.50. The second kappa shape index (κ2) is 8.01. The minimum Gasteiger partial charge on any atom is -0.494 e. The molecule has 6 heteroatoms. The summed E-state index contributed by atoms with van der Waals surface area (Å²) in [5.41, 5.74) is 1.11. The zero-order valence-corrected chi connectivity index (χ0v) is 13.8. The Labute approximate surface area is 140 Å². The van der Waals surface area contributed by atoms with E-state index in [0.717, 1.165) is 0 Å². The van der Waals surface area contributed by atoms with Gasteiger partial charge in [-0.15, -0.1) is 0 Å². The van der Waals surface area contributed by atoms with Gasteiger partial charge >= 0.3 is 0 Å². The lowest BCUT2D eigenvalue weighted by Crippen LogP contribution is -2.18. The molecular weight excluding hydrogens is 308 g/mol. The van der Waals surface area contributed by atoms with Crippen molar-refractivity contribution in [3.8, 4) is 5.75 Å². The summed E-state index contributed by atoms with van der Waals surface area (Å²) in [6.07, 6.45) is 4.48. The highest BCUT2D eigenvalue weighted by molar-refractivity contribution is 6.02. The van der Waals surface area contributed by atoms with Gasteiger partial charge in [0.05, 0.1) is 19.1 Å². The van der Waals surface area contributed by atoms with E-state index in [1.807, 2.05) is 13.8 Å². The van der Waals surface area contributed by atoms with Crippen LogP contribution in [-0.2, 0) is 9.59 Å². The Bertz CT molecular complexity index is 733. The van der Waals surface area contributed by atoms with Gasteiger partial charge in [0, 0.05) is 23.7 Å². The largest absolute Gasteiger partial charge is 0.494 e. The quantitative estimate of drug-likeness (QED) is 0.795. The van der Waals surface area contributed by atoms with Gasteiger partial charge in [0.25, 0.3) is 0 Å². The topological polar surface area (TPSA) is 80.6 Å². The minimum absolute atomic E-state index is 0.105. The van der Waals surface area contributed by atoms with Crippen LogP contribution >= 0.6 is 0 Å². The van der Waals surface area contributed by atoms with Gasteiger partial charge in [0.2, 0.25) is 11.8 Å².